The van der Waals surface area contributed by atoms with Crippen molar-refractivity contribution in [2.75, 3.05) is 6.61 Å². The van der Waals surface area contributed by atoms with Gasteiger partial charge >= 0.3 is 0 Å². The average Bonchev–Trinajstić information content (AvgIpc) is 2.92. The Morgan fingerprint density at radius 1 is 1.42 bits per heavy atom. The van der Waals surface area contributed by atoms with Crippen molar-refractivity contribution < 1.29 is 13.2 Å². The van der Waals surface area contributed by atoms with Gasteiger partial charge in [0.1, 0.15) is 0 Å². The number of rotatable bonds is 5. The third kappa shape index (κ3) is 2.71. The van der Waals surface area contributed by atoms with Gasteiger partial charge in [0.15, 0.2) is 0 Å². The number of hydrogen-bond acceptors (Lipinski definition) is 5. The molecule has 2 aliphatic rings. The van der Waals surface area contributed by atoms with E-state index in [1.807, 2.05) is 0 Å². The molecule has 5 nitrogen and oxygen atoms in total. The van der Waals surface area contributed by atoms with Gasteiger partial charge in [0.25, 0.3) is 0 Å². The fraction of sp³-hybridized carbons (Fsp3) is 0.667. The third-order valence-corrected chi connectivity index (χ3v) is 6.36. The standard InChI is InChI=1S/C12H18N2O3S2/c13-7-10-11(4-6-18-10)19(15,16)14-9-3-5-17-12(9)8-1-2-8/h4,6,8-9,12,14H,1-3,5,7,13H2. The predicted molar refractivity (Wildman–Crippen MR) is 73.4 cm³/mol. The molecule has 1 saturated carbocycles. The van der Waals surface area contributed by atoms with Crippen molar-refractivity contribution in [3.05, 3.63) is 16.3 Å². The molecule has 1 aromatic rings. The molecule has 3 rings (SSSR count). The Balaban J connectivity index is 1.77. The second-order valence-electron chi connectivity index (χ2n) is 5.10. The largest absolute Gasteiger partial charge is 0.376 e. The summed E-state index contributed by atoms with van der Waals surface area (Å²) in [5, 5.41) is 1.76. The number of nitrogens with two attached hydrogens (primary N) is 1. The predicted octanol–water partition coefficient (Wildman–Crippen LogP) is 1.05. The topological polar surface area (TPSA) is 81.4 Å². The number of thiophene rings is 1. The molecule has 1 aliphatic heterocycles. The van der Waals surface area contributed by atoms with E-state index in [9.17, 15) is 8.42 Å². The molecule has 1 saturated heterocycles. The Hall–Kier alpha value is -0.470. The Labute approximate surface area is 117 Å². The normalized spacial score (nSPS) is 27.8. The van der Waals surface area contributed by atoms with Crippen molar-refractivity contribution in [3.63, 3.8) is 0 Å². The maximum Gasteiger partial charge on any atom is 0.242 e. The van der Waals surface area contributed by atoms with Crippen molar-refractivity contribution in [3.8, 4) is 0 Å². The van der Waals surface area contributed by atoms with Crippen molar-refractivity contribution in [2.45, 2.75) is 42.8 Å². The zero-order valence-corrected chi connectivity index (χ0v) is 12.2. The molecule has 2 fully saturated rings. The van der Waals surface area contributed by atoms with E-state index in [-0.39, 0.29) is 18.7 Å². The van der Waals surface area contributed by atoms with Crippen LogP contribution in [-0.4, -0.2) is 27.2 Å². The second kappa shape index (κ2) is 5.14. The summed E-state index contributed by atoms with van der Waals surface area (Å²) in [7, 11) is -3.48. The molecule has 0 spiro atoms. The van der Waals surface area contributed by atoms with Crippen LogP contribution < -0.4 is 10.5 Å². The highest BCUT2D eigenvalue weighted by Crippen LogP contribution is 2.39. The summed E-state index contributed by atoms with van der Waals surface area (Å²) in [6, 6.07) is 1.53. The number of hydrogen-bond donors (Lipinski definition) is 2. The third-order valence-electron chi connectivity index (χ3n) is 3.71. The van der Waals surface area contributed by atoms with E-state index in [2.05, 4.69) is 4.72 Å². The van der Waals surface area contributed by atoms with Gasteiger partial charge in [-0.1, -0.05) is 0 Å². The zero-order valence-electron chi connectivity index (χ0n) is 10.5. The Morgan fingerprint density at radius 2 is 2.21 bits per heavy atom. The molecule has 1 aromatic heterocycles. The first-order valence-electron chi connectivity index (χ1n) is 6.52. The first-order chi connectivity index (χ1) is 9.12. The fourth-order valence-corrected chi connectivity index (χ4v) is 5.22. The summed E-state index contributed by atoms with van der Waals surface area (Å²) in [5.74, 6) is 0.534. The summed E-state index contributed by atoms with van der Waals surface area (Å²) in [4.78, 5) is 1.02. The Kier molecular flexibility index (Phi) is 3.65. The van der Waals surface area contributed by atoms with Crippen LogP contribution in [0.2, 0.25) is 0 Å². The van der Waals surface area contributed by atoms with E-state index in [4.69, 9.17) is 10.5 Å². The lowest BCUT2D eigenvalue weighted by Gasteiger charge is -2.19. The van der Waals surface area contributed by atoms with Crippen LogP contribution in [0.5, 0.6) is 0 Å². The summed E-state index contributed by atoms with van der Waals surface area (Å²) in [6.07, 6.45) is 3.10. The summed E-state index contributed by atoms with van der Waals surface area (Å²) in [6.45, 7) is 0.892. The maximum atomic E-state index is 12.4. The summed E-state index contributed by atoms with van der Waals surface area (Å²) < 4.78 is 33.3. The highest BCUT2D eigenvalue weighted by Gasteiger charge is 2.42. The molecule has 0 bridgehead atoms. The van der Waals surface area contributed by atoms with Crippen LogP contribution in [0.25, 0.3) is 0 Å². The molecule has 0 aromatic carbocycles. The molecule has 3 N–H and O–H groups in total. The first-order valence-corrected chi connectivity index (χ1v) is 8.88. The van der Waals surface area contributed by atoms with Gasteiger partial charge in [0.05, 0.1) is 17.0 Å². The lowest BCUT2D eigenvalue weighted by molar-refractivity contribution is 0.0848. The van der Waals surface area contributed by atoms with E-state index in [1.165, 1.54) is 11.3 Å². The minimum atomic E-state index is -3.48. The van der Waals surface area contributed by atoms with Gasteiger partial charge < -0.3 is 10.5 Å². The SMILES string of the molecule is NCc1sccc1S(=O)(=O)NC1CCOC1C1CC1. The Morgan fingerprint density at radius 3 is 2.89 bits per heavy atom. The highest BCUT2D eigenvalue weighted by atomic mass is 32.2. The minimum absolute atomic E-state index is 0.0507. The first kappa shape index (κ1) is 13.5. The molecule has 1 aliphatic carbocycles. The van der Waals surface area contributed by atoms with Crippen molar-refractivity contribution in [1.29, 1.82) is 0 Å². The van der Waals surface area contributed by atoms with Gasteiger partial charge in [-0.05, 0) is 36.6 Å². The lowest BCUT2D eigenvalue weighted by Crippen LogP contribution is -2.41. The van der Waals surface area contributed by atoms with E-state index in [1.54, 1.807) is 11.4 Å². The van der Waals surface area contributed by atoms with Crippen LogP contribution in [-0.2, 0) is 21.3 Å². The second-order valence-corrected chi connectivity index (χ2v) is 7.78. The molecule has 0 radical (unpaired) electrons. The van der Waals surface area contributed by atoms with Crippen LogP contribution in [0.1, 0.15) is 24.1 Å². The van der Waals surface area contributed by atoms with Gasteiger partial charge in [-0.3, -0.25) is 0 Å². The van der Waals surface area contributed by atoms with Crippen LogP contribution in [0.4, 0.5) is 0 Å². The van der Waals surface area contributed by atoms with Crippen molar-refractivity contribution in [2.24, 2.45) is 11.7 Å². The minimum Gasteiger partial charge on any atom is -0.376 e. The highest BCUT2D eigenvalue weighted by molar-refractivity contribution is 7.89. The van der Waals surface area contributed by atoms with Gasteiger partial charge in [0, 0.05) is 18.0 Å². The molecular weight excluding hydrogens is 284 g/mol. The Bertz CT molecular complexity index is 551. The van der Waals surface area contributed by atoms with E-state index in [0.29, 0.717) is 22.3 Å². The van der Waals surface area contributed by atoms with Crippen molar-refractivity contribution >= 4 is 21.4 Å². The van der Waals surface area contributed by atoms with E-state index in [0.717, 1.165) is 19.3 Å². The van der Waals surface area contributed by atoms with E-state index < -0.39 is 10.0 Å². The van der Waals surface area contributed by atoms with Gasteiger partial charge in [-0.25, -0.2) is 13.1 Å². The monoisotopic (exact) mass is 302 g/mol. The van der Waals surface area contributed by atoms with Crippen molar-refractivity contribution in [1.82, 2.24) is 4.72 Å². The van der Waals surface area contributed by atoms with Crippen LogP contribution in [0, 0.1) is 5.92 Å². The molecule has 19 heavy (non-hydrogen) atoms. The average molecular weight is 302 g/mol. The molecular formula is C12H18N2O3S2. The van der Waals surface area contributed by atoms with Gasteiger partial charge in [-0.15, -0.1) is 11.3 Å². The van der Waals surface area contributed by atoms with Crippen LogP contribution in [0.3, 0.4) is 0 Å². The molecule has 106 valence electrons. The lowest BCUT2D eigenvalue weighted by atomic mass is 10.1. The number of ether oxygens (including phenoxy) is 1. The van der Waals surface area contributed by atoms with Gasteiger partial charge in [-0.2, -0.15) is 0 Å². The summed E-state index contributed by atoms with van der Waals surface area (Å²) >= 11 is 1.38. The molecule has 2 unspecified atom stereocenters. The zero-order chi connectivity index (χ0) is 13.5. The molecule has 2 heterocycles. The fourth-order valence-electron chi connectivity index (χ4n) is 2.61. The summed E-state index contributed by atoms with van der Waals surface area (Å²) in [5.41, 5.74) is 5.58. The molecule has 7 heteroatoms. The van der Waals surface area contributed by atoms with Gasteiger partial charge in [0.2, 0.25) is 10.0 Å². The quantitative estimate of drug-likeness (QED) is 0.852. The molecule has 0 amide bonds. The van der Waals surface area contributed by atoms with Crippen LogP contribution >= 0.6 is 11.3 Å². The number of sulfonamides is 1. The van der Waals surface area contributed by atoms with E-state index >= 15 is 0 Å². The molecule has 2 atom stereocenters. The maximum absolute atomic E-state index is 12.4. The van der Waals surface area contributed by atoms with Crippen LogP contribution in [0.15, 0.2) is 16.3 Å². The smallest absolute Gasteiger partial charge is 0.242 e. The number of nitrogens with one attached hydrogen (secondary N) is 1.